The molecular formula is C81H134N6O58. The van der Waals surface area contributed by atoms with Gasteiger partial charge in [-0.3, -0.25) is 28.8 Å². The van der Waals surface area contributed by atoms with Crippen LogP contribution in [-0.4, -0.2) is 604 Å². The average Bonchev–Trinajstić information content (AvgIpc) is 0.762. The summed E-state index contributed by atoms with van der Waals surface area (Å²) in [5, 5.41) is 353. The fourth-order valence-corrected chi connectivity index (χ4v) is 18.7. The smallest absolute Gasteiger partial charge is 0.364 e. The molecule has 11 fully saturated rings. The molecule has 0 aromatic rings. The van der Waals surface area contributed by atoms with Crippen molar-refractivity contribution < 1.29 is 286 Å². The van der Waals surface area contributed by atoms with Crippen molar-refractivity contribution >= 4 is 41.4 Å². The van der Waals surface area contributed by atoms with Gasteiger partial charge in [0, 0.05) is 48.0 Å². The van der Waals surface area contributed by atoms with Gasteiger partial charge in [0.15, 0.2) is 62.9 Å². The topological polar surface area (TPSA) is 992 Å². The molecular weight excluding hydrogens is 1980 g/mol. The number of ether oxygens (including phenoxy) is 21. The molecule has 11 saturated heterocycles. The molecule has 0 saturated carbocycles. The zero-order valence-corrected chi connectivity index (χ0v) is 78.4. The zero-order chi connectivity index (χ0) is 107. The number of hydrogen-bond acceptors (Lipinski definition) is 57. The van der Waals surface area contributed by atoms with Crippen LogP contribution in [0.3, 0.4) is 0 Å². The molecule has 1 unspecified atom stereocenters. The quantitative estimate of drug-likeness (QED) is 0.0272. The molecule has 0 aliphatic carbocycles. The molecule has 56 atom stereocenters. The molecule has 64 nitrogen and oxygen atoms in total. The van der Waals surface area contributed by atoms with Gasteiger partial charge in [0.1, 0.15) is 256 Å². The van der Waals surface area contributed by atoms with Crippen molar-refractivity contribution in [3.63, 3.8) is 0 Å². The molecule has 36 N–H and O–H groups in total. The average molecular weight is 2120 g/mol. The first kappa shape index (κ1) is 120. The van der Waals surface area contributed by atoms with E-state index in [0.717, 1.165) is 41.5 Å². The van der Waals surface area contributed by atoms with Gasteiger partial charge in [0.25, 0.3) is 5.79 Å². The van der Waals surface area contributed by atoms with Gasteiger partial charge in [-0.1, -0.05) is 0 Å². The van der Waals surface area contributed by atoms with Crippen LogP contribution in [0.25, 0.3) is 0 Å². The largest absolute Gasteiger partial charge is 0.477 e. The SMILES string of the molecule is CC(=O)N[C@H]1[C@H](O[C@H]2[C@H](O)[C@@H](NC(C)=O)C(O)O[C@@H]2CO[C@@H]2O[C@@H](C)[C@@H](O)[C@@H](O)[C@@H]2O)O[C@H](CO)[C@@H](O[C@@H]2O[C@H](CO[C@H]3O[C@H](CO)[C@@H](O)[C@H](O)[C@@H]3O[C@@H]3O[C@H](CO)[C@@H](O[C@@H]4O[C@H](CO)[C@H](O)[C@H](O)[C@H]4O)[C@H](O)[C@H]3NC(C)=O)[C@@H](O)[C@H](O[C@H]3O[C@H](CO)[C@@H](O)[C@H](O)[C@@H]3O[C@@H]3O[C@H](CO)[C@@H](O[C@@H]4O[C@H](CO[C@]5(C(=O)O)C[C@H](O)[C@@H](NC(C)=O)[C@H]([C@H](O)[C@H](O)CO)O5)[C@H](O)[C@H](O)[C@H]4NC(C)=O)[C@H](O)[C@H]3NC(C)=O)[C@@H]2O)[C@@H]1O. The first-order chi connectivity index (χ1) is 68.3. The van der Waals surface area contributed by atoms with Crippen LogP contribution in [-0.2, 0) is 133 Å². The second-order valence-electron chi connectivity index (χ2n) is 36.7. The standard InChI is InChI=1S/C81H134N6O58/c1-19-43(103)55(115)59(119)75(128-19)125-17-36-65(51(111)38(70(122)129-36)83-21(3)96)139-72-40(85-23(5)98)53(113)64(33(15-94)133-72)141-77-61(121)67(49(109)34(137-77)16-126-78-68(57(117)46(106)29(11-90)131-78)143-73-42(87-25(7)100)54(114)63(32(14-93)135-73)140-76-60(120)56(116)45(105)28(10-89)130-76)142-79-69(58(118)47(107)30(12-91)132-79)144-74-41(86-24(6)99)52(112)62(31(13-92)134-74)138-71-39(84-22(4)97)50(110)48(108)35(136-71)18-127-81(80(123)124)8-26(101)37(82-20(2)95)66(145-81)44(104)27(102)9-88/h19,26-79,88-94,101-122H,8-18H2,1-7H3,(H,82,95)(H,83,96)(H,84,97)(H,85,98)(H,86,99)(H,87,100)(H,123,124)/t19-,26-,27+,28+,29+,30+,31+,32+,33+,34+,35+,36+,37+,38+,39+,40+,41+,42+,43+,44+,45-,46+,47+,48-,49+,50+,51+,52+,53+,54+,55+,56-,57-,58-,59-,60+,61-,62+,63+,64+,65+,66+,67-,68-,69-,70?,71-,72-,73-,74-,75+,76-,77-,78-,79+,81+/m0/s1. The van der Waals surface area contributed by atoms with E-state index in [0.29, 0.717) is 0 Å². The van der Waals surface area contributed by atoms with E-state index >= 15 is 0 Å². The highest BCUT2D eigenvalue weighted by Crippen LogP contribution is 2.43. The molecule has 11 heterocycles. The number of carbonyl (C=O) groups is 7. The van der Waals surface area contributed by atoms with E-state index < -0.39 is 457 Å². The summed E-state index contributed by atoms with van der Waals surface area (Å²) in [6, 6.07) is -11.7. The maximum atomic E-state index is 13.4. The number of hydrogen-bond donors (Lipinski definition) is 36. The molecule has 0 bridgehead atoms. The van der Waals surface area contributed by atoms with Crippen molar-refractivity contribution in [3.8, 4) is 0 Å². The van der Waals surface area contributed by atoms with Gasteiger partial charge in [-0.2, -0.15) is 0 Å². The molecule has 836 valence electrons. The Morgan fingerprint density at radius 3 is 1.06 bits per heavy atom. The number of carbonyl (C=O) groups excluding carboxylic acids is 6. The number of amides is 6. The molecule has 0 radical (unpaired) electrons. The Bertz CT molecular complexity index is 4140. The maximum absolute atomic E-state index is 13.4. The van der Waals surface area contributed by atoms with Gasteiger partial charge in [-0.15, -0.1) is 0 Å². The van der Waals surface area contributed by atoms with E-state index in [2.05, 4.69) is 31.9 Å². The van der Waals surface area contributed by atoms with Crippen molar-refractivity contribution in [3.05, 3.63) is 0 Å². The van der Waals surface area contributed by atoms with E-state index in [9.17, 15) is 187 Å². The minimum Gasteiger partial charge on any atom is -0.477 e. The number of rotatable bonds is 39. The number of nitrogens with one attached hydrogen (secondary N) is 6. The molecule has 64 heteroatoms. The third-order valence-electron chi connectivity index (χ3n) is 26.3. The Balaban J connectivity index is 0.920. The van der Waals surface area contributed by atoms with Crippen LogP contribution in [0.1, 0.15) is 54.9 Å². The summed E-state index contributed by atoms with van der Waals surface area (Å²) in [4.78, 5) is 90.8. The van der Waals surface area contributed by atoms with Gasteiger partial charge in [-0.25, -0.2) is 4.79 Å². The van der Waals surface area contributed by atoms with Gasteiger partial charge in [0.05, 0.1) is 84.3 Å². The Morgan fingerprint density at radius 1 is 0.297 bits per heavy atom. The molecule has 11 rings (SSSR count). The van der Waals surface area contributed by atoms with Crippen LogP contribution in [0.5, 0.6) is 0 Å². The van der Waals surface area contributed by atoms with Crippen LogP contribution in [0.4, 0.5) is 0 Å². The second-order valence-corrected chi connectivity index (χ2v) is 36.7. The molecule has 6 amide bonds. The first-order valence-corrected chi connectivity index (χ1v) is 46.1. The van der Waals surface area contributed by atoms with Crippen molar-refractivity contribution in [1.29, 1.82) is 0 Å². The fraction of sp³-hybridized carbons (Fsp3) is 0.914. The predicted molar refractivity (Wildman–Crippen MR) is 448 cm³/mol. The lowest BCUT2D eigenvalue weighted by molar-refractivity contribution is -0.398. The molecule has 11 aliphatic rings. The maximum Gasteiger partial charge on any atom is 0.364 e. The first-order valence-electron chi connectivity index (χ1n) is 46.1. The minimum absolute atomic E-state index is 0.851. The van der Waals surface area contributed by atoms with Crippen molar-refractivity contribution in [2.24, 2.45) is 0 Å². The molecule has 11 aliphatic heterocycles. The highest BCUT2D eigenvalue weighted by molar-refractivity contribution is 5.77. The summed E-state index contributed by atoms with van der Waals surface area (Å²) in [5.41, 5.74) is 0. The van der Waals surface area contributed by atoms with E-state index in [-0.39, 0.29) is 0 Å². The van der Waals surface area contributed by atoms with Gasteiger partial charge < -0.3 is 285 Å². The number of aliphatic hydroxyl groups is 29. The van der Waals surface area contributed by atoms with Crippen LogP contribution < -0.4 is 31.9 Å². The summed E-state index contributed by atoms with van der Waals surface area (Å²) >= 11 is 0. The monoisotopic (exact) mass is 2120 g/mol. The third-order valence-corrected chi connectivity index (χ3v) is 26.3. The van der Waals surface area contributed by atoms with Crippen LogP contribution >= 0.6 is 0 Å². The van der Waals surface area contributed by atoms with Gasteiger partial charge in [0.2, 0.25) is 35.4 Å². The van der Waals surface area contributed by atoms with Crippen LogP contribution in [0.2, 0.25) is 0 Å². The van der Waals surface area contributed by atoms with Crippen LogP contribution in [0.15, 0.2) is 0 Å². The summed E-state index contributed by atoms with van der Waals surface area (Å²) in [6.45, 7) is -5.13. The number of carboxylic acids is 1. The summed E-state index contributed by atoms with van der Waals surface area (Å²) in [5.74, 6) is -11.0. The molecule has 0 aromatic carbocycles. The van der Waals surface area contributed by atoms with Crippen molar-refractivity contribution in [2.75, 3.05) is 66.1 Å². The fourth-order valence-electron chi connectivity index (χ4n) is 18.7. The normalized spacial score (nSPS) is 47.2. The van der Waals surface area contributed by atoms with E-state index in [1.165, 1.54) is 6.92 Å². The Hall–Kier alpha value is -5.71. The highest BCUT2D eigenvalue weighted by atomic mass is 16.8. The number of carboxylic acid groups (broad SMARTS) is 1. The summed E-state index contributed by atoms with van der Waals surface area (Å²) < 4.78 is 126. The summed E-state index contributed by atoms with van der Waals surface area (Å²) in [7, 11) is 0. The Labute approximate surface area is 821 Å². The lowest BCUT2D eigenvalue weighted by atomic mass is 9.88. The van der Waals surface area contributed by atoms with E-state index in [4.69, 9.17) is 99.5 Å². The third kappa shape index (κ3) is 27.0. The lowest BCUT2D eigenvalue weighted by Gasteiger charge is -2.51. The summed E-state index contributed by atoms with van der Waals surface area (Å²) in [6.07, 6.45) is -107. The number of aliphatic carboxylic acids is 1. The lowest BCUT2D eigenvalue weighted by Crippen LogP contribution is -2.71. The predicted octanol–water partition coefficient (Wildman–Crippen LogP) is -23.9. The zero-order valence-electron chi connectivity index (χ0n) is 78.4. The highest BCUT2D eigenvalue weighted by Gasteiger charge is 2.64. The van der Waals surface area contributed by atoms with E-state index in [1.807, 2.05) is 0 Å². The molecule has 145 heavy (non-hydrogen) atoms. The number of aliphatic hydroxyl groups excluding tert-OH is 29. The molecule has 0 aromatic heterocycles. The molecule has 0 spiro atoms. The Kier molecular flexibility index (Phi) is 42.7. The second kappa shape index (κ2) is 51.8. The van der Waals surface area contributed by atoms with Gasteiger partial charge >= 0.3 is 5.97 Å². The van der Waals surface area contributed by atoms with Gasteiger partial charge in [-0.05, 0) is 6.92 Å². The Morgan fingerprint density at radius 2 is 0.614 bits per heavy atom. The van der Waals surface area contributed by atoms with Crippen molar-refractivity contribution in [1.82, 2.24) is 31.9 Å². The van der Waals surface area contributed by atoms with Crippen molar-refractivity contribution in [2.45, 2.75) is 398 Å². The van der Waals surface area contributed by atoms with E-state index in [1.54, 1.807) is 0 Å². The van der Waals surface area contributed by atoms with Crippen LogP contribution in [0, 0.1) is 0 Å². The minimum atomic E-state index is -3.14.